The molecule has 3 aromatic carbocycles. The van der Waals surface area contributed by atoms with Crippen molar-refractivity contribution >= 4 is 22.1 Å². The zero-order valence-electron chi connectivity index (χ0n) is 19.6. The average molecular weight is 463 g/mol. The van der Waals surface area contributed by atoms with Crippen LogP contribution < -0.4 is 0 Å². The number of H-pyrrole nitrogens is 1. The number of nitrogens with one attached hydrogen (secondary N) is 1. The largest absolute Gasteiger partial charge is 0.323 e. The molecule has 0 saturated carbocycles. The summed E-state index contributed by atoms with van der Waals surface area (Å²) in [5.41, 5.74) is 6.48. The third-order valence-electron chi connectivity index (χ3n) is 6.37. The van der Waals surface area contributed by atoms with Gasteiger partial charge in [0.05, 0.1) is 28.6 Å². The summed E-state index contributed by atoms with van der Waals surface area (Å²) in [4.78, 5) is 9.91. The Kier molecular flexibility index (Phi) is 5.54. The van der Waals surface area contributed by atoms with E-state index in [-0.39, 0.29) is 0 Å². The number of rotatable bonds is 8. The van der Waals surface area contributed by atoms with E-state index >= 15 is 0 Å². The van der Waals surface area contributed by atoms with Gasteiger partial charge in [-0.1, -0.05) is 61.9 Å². The van der Waals surface area contributed by atoms with Crippen LogP contribution in [0.1, 0.15) is 37.0 Å². The highest BCUT2D eigenvalue weighted by atomic mass is 15.5. The van der Waals surface area contributed by atoms with Crippen molar-refractivity contribution in [3.8, 4) is 11.4 Å². The zero-order chi connectivity index (χ0) is 23.6. The van der Waals surface area contributed by atoms with E-state index in [0.29, 0.717) is 12.4 Å². The molecule has 8 heteroatoms. The molecule has 8 nitrogen and oxygen atoms in total. The molecule has 6 rings (SSSR count). The monoisotopic (exact) mass is 462 g/mol. The Morgan fingerprint density at radius 2 is 1.63 bits per heavy atom. The van der Waals surface area contributed by atoms with E-state index in [0.717, 1.165) is 59.6 Å². The fourth-order valence-corrected chi connectivity index (χ4v) is 4.64. The second-order valence-corrected chi connectivity index (χ2v) is 8.77. The van der Waals surface area contributed by atoms with Gasteiger partial charge in [0, 0.05) is 18.5 Å². The van der Waals surface area contributed by atoms with Gasteiger partial charge in [-0.05, 0) is 46.7 Å². The van der Waals surface area contributed by atoms with Crippen LogP contribution in [-0.4, -0.2) is 39.7 Å². The van der Waals surface area contributed by atoms with Gasteiger partial charge in [-0.25, -0.2) is 15.1 Å². The molecule has 0 atom stereocenters. The first kappa shape index (κ1) is 21.2. The van der Waals surface area contributed by atoms with Crippen LogP contribution in [0.2, 0.25) is 0 Å². The molecule has 0 radical (unpaired) electrons. The Labute approximate surface area is 202 Å². The van der Waals surface area contributed by atoms with Gasteiger partial charge < -0.3 is 9.13 Å². The van der Waals surface area contributed by atoms with E-state index in [4.69, 9.17) is 9.97 Å². The highest BCUT2D eigenvalue weighted by molar-refractivity contribution is 5.82. The van der Waals surface area contributed by atoms with Crippen LogP contribution in [0.5, 0.6) is 0 Å². The van der Waals surface area contributed by atoms with Crippen LogP contribution >= 0.6 is 0 Å². The van der Waals surface area contributed by atoms with Gasteiger partial charge in [-0.2, -0.15) is 0 Å². The van der Waals surface area contributed by atoms with Crippen molar-refractivity contribution in [2.75, 3.05) is 0 Å². The van der Waals surface area contributed by atoms with Gasteiger partial charge >= 0.3 is 0 Å². The van der Waals surface area contributed by atoms with Crippen molar-refractivity contribution < 1.29 is 0 Å². The van der Waals surface area contributed by atoms with Crippen molar-refractivity contribution in [3.05, 3.63) is 90.0 Å². The maximum Gasteiger partial charge on any atom is 0.168 e. The number of aryl methyl sites for hydroxylation is 1. The van der Waals surface area contributed by atoms with E-state index in [1.54, 1.807) is 0 Å². The summed E-state index contributed by atoms with van der Waals surface area (Å²) in [5.74, 6) is 2.72. The minimum Gasteiger partial charge on any atom is -0.323 e. The number of imidazole rings is 2. The van der Waals surface area contributed by atoms with Crippen molar-refractivity contribution in [1.82, 2.24) is 39.7 Å². The minimum atomic E-state index is 0.507. The summed E-state index contributed by atoms with van der Waals surface area (Å²) < 4.78 is 4.53. The molecule has 35 heavy (non-hydrogen) atoms. The summed E-state index contributed by atoms with van der Waals surface area (Å²) in [6, 6.07) is 25.1. The third kappa shape index (κ3) is 4.07. The first-order valence-electron chi connectivity index (χ1n) is 12.0. The van der Waals surface area contributed by atoms with Crippen molar-refractivity contribution in [3.63, 3.8) is 0 Å². The van der Waals surface area contributed by atoms with Crippen LogP contribution in [0.15, 0.2) is 72.8 Å². The third-order valence-corrected chi connectivity index (χ3v) is 6.37. The predicted molar refractivity (Wildman–Crippen MR) is 136 cm³/mol. The van der Waals surface area contributed by atoms with Gasteiger partial charge in [-0.15, -0.1) is 5.10 Å². The van der Waals surface area contributed by atoms with E-state index in [9.17, 15) is 0 Å². The van der Waals surface area contributed by atoms with E-state index < -0.39 is 0 Å². The number of aromatic nitrogens is 8. The van der Waals surface area contributed by atoms with Crippen LogP contribution in [-0.2, 0) is 19.5 Å². The first-order chi connectivity index (χ1) is 17.3. The molecule has 174 valence electrons. The number of tetrazole rings is 1. The Hall–Kier alpha value is -4.33. The van der Waals surface area contributed by atoms with Gasteiger partial charge in [-0.3, -0.25) is 0 Å². The lowest BCUT2D eigenvalue weighted by atomic mass is 10.1. The molecule has 3 heterocycles. The lowest BCUT2D eigenvalue weighted by Crippen LogP contribution is -2.07. The summed E-state index contributed by atoms with van der Waals surface area (Å²) >= 11 is 0. The first-order valence-corrected chi connectivity index (χ1v) is 12.0. The number of hydrogen-bond donors (Lipinski definition) is 1. The molecule has 0 amide bonds. The molecule has 0 spiro atoms. The van der Waals surface area contributed by atoms with Gasteiger partial charge in [0.1, 0.15) is 11.6 Å². The number of benzene rings is 3. The standard InChI is InChI=1S/C27H26N8/c1-2-3-13-26-28-21-11-7-8-12-23(21)34(26)17-19-14-15-22-24(16-19)35(18-25-30-32-33-31-25)27(29-22)20-9-5-4-6-10-20/h4-12,14-16H,2-3,13,17-18H2,1H3,(H,30,31,32,33). The van der Waals surface area contributed by atoms with Crippen LogP contribution in [0.4, 0.5) is 0 Å². The van der Waals surface area contributed by atoms with Gasteiger partial charge in [0.25, 0.3) is 0 Å². The molecule has 0 aliphatic heterocycles. The van der Waals surface area contributed by atoms with Crippen molar-refractivity contribution in [1.29, 1.82) is 0 Å². The quantitative estimate of drug-likeness (QED) is 0.344. The maximum atomic E-state index is 4.97. The zero-order valence-corrected chi connectivity index (χ0v) is 19.6. The molecule has 0 aliphatic rings. The predicted octanol–water partition coefficient (Wildman–Crippen LogP) is 5.01. The second-order valence-electron chi connectivity index (χ2n) is 8.77. The Bertz CT molecular complexity index is 1580. The molecule has 0 fully saturated rings. The molecule has 0 aliphatic carbocycles. The molecule has 6 aromatic rings. The maximum absolute atomic E-state index is 4.97. The number of unbranched alkanes of at least 4 members (excludes halogenated alkanes) is 1. The topological polar surface area (TPSA) is 90.1 Å². The fraction of sp³-hybridized carbons (Fsp3) is 0.222. The van der Waals surface area contributed by atoms with Crippen molar-refractivity contribution in [2.24, 2.45) is 0 Å². The summed E-state index contributed by atoms with van der Waals surface area (Å²) in [6.07, 6.45) is 3.25. The summed E-state index contributed by atoms with van der Waals surface area (Å²) in [5, 5.41) is 14.5. The smallest absolute Gasteiger partial charge is 0.168 e. The highest BCUT2D eigenvalue weighted by Gasteiger charge is 2.16. The lowest BCUT2D eigenvalue weighted by molar-refractivity contribution is 0.690. The molecule has 0 bridgehead atoms. The molecular formula is C27H26N8. The number of aromatic amines is 1. The molecule has 1 N–H and O–H groups in total. The molecule has 0 unspecified atom stereocenters. The summed E-state index contributed by atoms with van der Waals surface area (Å²) in [6.45, 7) is 3.48. The van der Waals surface area contributed by atoms with Crippen LogP contribution in [0.25, 0.3) is 33.5 Å². The van der Waals surface area contributed by atoms with E-state index in [1.807, 2.05) is 18.2 Å². The van der Waals surface area contributed by atoms with Gasteiger partial charge in [0.2, 0.25) is 0 Å². The minimum absolute atomic E-state index is 0.507. The van der Waals surface area contributed by atoms with Crippen LogP contribution in [0.3, 0.4) is 0 Å². The van der Waals surface area contributed by atoms with Crippen molar-refractivity contribution in [2.45, 2.75) is 39.3 Å². The van der Waals surface area contributed by atoms with Gasteiger partial charge in [0.15, 0.2) is 5.82 Å². The second kappa shape index (κ2) is 9.13. The average Bonchev–Trinajstić information content (AvgIpc) is 3.62. The number of hydrogen-bond acceptors (Lipinski definition) is 5. The van der Waals surface area contributed by atoms with E-state index in [2.05, 4.69) is 91.3 Å². The highest BCUT2D eigenvalue weighted by Crippen LogP contribution is 2.27. The SMILES string of the molecule is CCCCc1nc2ccccc2n1Cc1ccc2nc(-c3ccccc3)n(Cc3nnn[nH]3)c2c1. The lowest BCUT2D eigenvalue weighted by Gasteiger charge is -2.11. The Balaban J connectivity index is 1.45. The van der Waals surface area contributed by atoms with Crippen LogP contribution in [0, 0.1) is 0 Å². The fourth-order valence-electron chi connectivity index (χ4n) is 4.64. The Morgan fingerprint density at radius 3 is 2.46 bits per heavy atom. The number of para-hydroxylation sites is 2. The number of nitrogens with zero attached hydrogens (tertiary/aromatic N) is 7. The summed E-state index contributed by atoms with van der Waals surface area (Å²) in [7, 11) is 0. The normalized spacial score (nSPS) is 11.6. The Morgan fingerprint density at radius 1 is 0.800 bits per heavy atom. The van der Waals surface area contributed by atoms with E-state index in [1.165, 1.54) is 11.1 Å². The molecule has 3 aromatic heterocycles. The number of fused-ring (bicyclic) bond motifs is 2. The molecular weight excluding hydrogens is 436 g/mol. The molecule has 0 saturated heterocycles.